The largest absolute Gasteiger partial charge is 0.506 e. The number of aromatic hydroxyl groups is 1. The molecule has 21 heavy (non-hydrogen) atoms. The summed E-state index contributed by atoms with van der Waals surface area (Å²) in [6.45, 7) is 0. The summed E-state index contributed by atoms with van der Waals surface area (Å²) in [4.78, 5) is 15.8. The zero-order valence-electron chi connectivity index (χ0n) is 11.0. The van der Waals surface area contributed by atoms with Crippen LogP contribution in [0.15, 0.2) is 40.8 Å². The topological polar surface area (TPSA) is 72.6 Å². The van der Waals surface area contributed by atoms with E-state index in [0.29, 0.717) is 28.1 Å². The number of hydrogen-bond acceptors (Lipinski definition) is 5. The predicted molar refractivity (Wildman–Crippen MR) is 77.5 cm³/mol. The van der Waals surface area contributed by atoms with E-state index < -0.39 is 5.97 Å². The van der Waals surface area contributed by atoms with Gasteiger partial charge in [-0.3, -0.25) is 0 Å². The second kappa shape index (κ2) is 5.10. The molecule has 1 heterocycles. The predicted octanol–water partition coefficient (Wildman–Crippen LogP) is 3.64. The van der Waals surface area contributed by atoms with E-state index in [9.17, 15) is 9.90 Å². The fourth-order valence-electron chi connectivity index (χ4n) is 1.93. The molecule has 0 atom stereocenters. The van der Waals surface area contributed by atoms with E-state index >= 15 is 0 Å². The summed E-state index contributed by atoms with van der Waals surface area (Å²) in [7, 11) is 1.32. The van der Waals surface area contributed by atoms with Crippen molar-refractivity contribution in [1.29, 1.82) is 0 Å². The molecule has 1 aromatic heterocycles. The Bertz CT molecular complexity index is 841. The second-order valence-corrected chi connectivity index (χ2v) is 4.77. The molecule has 0 bridgehead atoms. The van der Waals surface area contributed by atoms with Crippen molar-refractivity contribution in [2.75, 3.05) is 7.11 Å². The molecule has 106 valence electrons. The van der Waals surface area contributed by atoms with Gasteiger partial charge in [-0.15, -0.1) is 0 Å². The van der Waals surface area contributed by atoms with Crippen molar-refractivity contribution in [3.05, 3.63) is 47.0 Å². The number of methoxy groups -OCH3 is 1. The van der Waals surface area contributed by atoms with Crippen molar-refractivity contribution in [3.63, 3.8) is 0 Å². The Labute approximate surface area is 124 Å². The minimum Gasteiger partial charge on any atom is -0.506 e. The van der Waals surface area contributed by atoms with Gasteiger partial charge in [0.2, 0.25) is 5.89 Å². The average Bonchev–Trinajstić information content (AvgIpc) is 2.92. The first-order chi connectivity index (χ1) is 10.1. The fourth-order valence-corrected chi connectivity index (χ4v) is 2.11. The lowest BCUT2D eigenvalue weighted by atomic mass is 10.2. The number of halogens is 1. The molecule has 0 saturated heterocycles. The van der Waals surface area contributed by atoms with Crippen molar-refractivity contribution in [2.45, 2.75) is 0 Å². The molecule has 0 aliphatic rings. The lowest BCUT2D eigenvalue weighted by Gasteiger charge is -1.98. The Morgan fingerprint density at radius 3 is 2.81 bits per heavy atom. The van der Waals surface area contributed by atoms with E-state index in [0.717, 1.165) is 0 Å². The SMILES string of the molecule is COC(=O)c1ccc2nc(-c3ccc(O)c(Cl)c3)oc2c1. The van der Waals surface area contributed by atoms with Gasteiger partial charge in [0, 0.05) is 5.56 Å². The van der Waals surface area contributed by atoms with Crippen LogP contribution in [0.3, 0.4) is 0 Å². The molecular formula is C15H10ClNO4. The van der Waals surface area contributed by atoms with Gasteiger partial charge < -0.3 is 14.3 Å². The van der Waals surface area contributed by atoms with E-state index in [1.165, 1.54) is 13.2 Å². The Balaban J connectivity index is 2.08. The van der Waals surface area contributed by atoms with Crippen molar-refractivity contribution >= 4 is 28.7 Å². The quantitative estimate of drug-likeness (QED) is 0.732. The summed E-state index contributed by atoms with van der Waals surface area (Å²) in [6.07, 6.45) is 0. The molecule has 0 unspecified atom stereocenters. The summed E-state index contributed by atoms with van der Waals surface area (Å²) < 4.78 is 10.3. The van der Waals surface area contributed by atoms with Crippen LogP contribution in [-0.4, -0.2) is 23.2 Å². The van der Waals surface area contributed by atoms with Gasteiger partial charge in [-0.1, -0.05) is 11.6 Å². The normalized spacial score (nSPS) is 10.8. The monoisotopic (exact) mass is 303 g/mol. The number of phenolic OH excluding ortho intramolecular Hbond substituents is 1. The zero-order chi connectivity index (χ0) is 15.0. The van der Waals surface area contributed by atoms with Crippen LogP contribution in [0.1, 0.15) is 10.4 Å². The van der Waals surface area contributed by atoms with Crippen molar-refractivity contribution < 1.29 is 19.1 Å². The number of carbonyl (C=O) groups excluding carboxylic acids is 1. The molecule has 0 radical (unpaired) electrons. The Hall–Kier alpha value is -2.53. The second-order valence-electron chi connectivity index (χ2n) is 4.36. The van der Waals surface area contributed by atoms with Crippen LogP contribution in [0, 0.1) is 0 Å². The third kappa shape index (κ3) is 2.43. The number of benzene rings is 2. The number of ether oxygens (including phenoxy) is 1. The minimum atomic E-state index is -0.442. The standard InChI is InChI=1S/C15H10ClNO4/c1-20-15(19)9-2-4-11-13(7-9)21-14(17-11)8-3-5-12(18)10(16)6-8/h2-7,18H,1H3. The van der Waals surface area contributed by atoms with Crippen LogP contribution in [0.2, 0.25) is 5.02 Å². The molecule has 0 saturated carbocycles. The highest BCUT2D eigenvalue weighted by molar-refractivity contribution is 6.32. The van der Waals surface area contributed by atoms with E-state index in [4.69, 9.17) is 16.0 Å². The lowest BCUT2D eigenvalue weighted by molar-refractivity contribution is 0.0601. The van der Waals surface area contributed by atoms with Crippen LogP contribution >= 0.6 is 11.6 Å². The van der Waals surface area contributed by atoms with E-state index in [1.54, 1.807) is 30.3 Å². The van der Waals surface area contributed by atoms with Crippen LogP contribution in [0.25, 0.3) is 22.6 Å². The van der Waals surface area contributed by atoms with E-state index in [-0.39, 0.29) is 10.8 Å². The third-order valence-electron chi connectivity index (χ3n) is 3.00. The van der Waals surface area contributed by atoms with Gasteiger partial charge >= 0.3 is 5.97 Å². The summed E-state index contributed by atoms with van der Waals surface area (Å²) in [5, 5.41) is 9.63. The highest BCUT2D eigenvalue weighted by Crippen LogP contribution is 2.31. The molecule has 3 aromatic rings. The summed E-state index contributed by atoms with van der Waals surface area (Å²) >= 11 is 5.87. The first-order valence-corrected chi connectivity index (χ1v) is 6.44. The van der Waals surface area contributed by atoms with Crippen molar-refractivity contribution in [1.82, 2.24) is 4.98 Å². The summed E-state index contributed by atoms with van der Waals surface area (Å²) in [6, 6.07) is 9.53. The lowest BCUT2D eigenvalue weighted by Crippen LogP contribution is -2.00. The van der Waals surface area contributed by atoms with Gasteiger partial charge in [0.05, 0.1) is 17.7 Å². The molecule has 0 amide bonds. The molecule has 3 rings (SSSR count). The maximum atomic E-state index is 11.5. The number of rotatable bonds is 2. The summed E-state index contributed by atoms with van der Waals surface area (Å²) in [5.41, 5.74) is 2.10. The maximum Gasteiger partial charge on any atom is 0.337 e. The highest BCUT2D eigenvalue weighted by atomic mass is 35.5. The molecule has 5 nitrogen and oxygen atoms in total. The average molecular weight is 304 g/mol. The molecule has 2 aromatic carbocycles. The van der Waals surface area contributed by atoms with Crippen LogP contribution < -0.4 is 0 Å². The number of carbonyl (C=O) groups is 1. The minimum absolute atomic E-state index is 0.00972. The Morgan fingerprint density at radius 1 is 1.29 bits per heavy atom. The highest BCUT2D eigenvalue weighted by Gasteiger charge is 2.13. The first kappa shape index (κ1) is 13.5. The Kier molecular flexibility index (Phi) is 3.27. The van der Waals surface area contributed by atoms with Crippen LogP contribution in [0.5, 0.6) is 5.75 Å². The number of phenols is 1. The number of aromatic nitrogens is 1. The van der Waals surface area contributed by atoms with Gasteiger partial charge in [0.1, 0.15) is 11.3 Å². The van der Waals surface area contributed by atoms with Crippen molar-refractivity contribution in [3.8, 4) is 17.2 Å². The maximum absolute atomic E-state index is 11.5. The number of nitrogens with zero attached hydrogens (tertiary/aromatic N) is 1. The Morgan fingerprint density at radius 2 is 2.10 bits per heavy atom. The summed E-state index contributed by atoms with van der Waals surface area (Å²) in [5.74, 6) is -0.0963. The smallest absolute Gasteiger partial charge is 0.337 e. The van der Waals surface area contributed by atoms with Gasteiger partial charge in [-0.05, 0) is 36.4 Å². The van der Waals surface area contributed by atoms with Gasteiger partial charge in [-0.25, -0.2) is 9.78 Å². The fraction of sp³-hybridized carbons (Fsp3) is 0.0667. The van der Waals surface area contributed by atoms with E-state index in [2.05, 4.69) is 9.72 Å². The van der Waals surface area contributed by atoms with Crippen LogP contribution in [0.4, 0.5) is 0 Å². The number of oxazole rings is 1. The third-order valence-corrected chi connectivity index (χ3v) is 3.31. The first-order valence-electron chi connectivity index (χ1n) is 6.06. The number of fused-ring (bicyclic) bond motifs is 1. The molecule has 1 N–H and O–H groups in total. The van der Waals surface area contributed by atoms with Crippen LogP contribution in [-0.2, 0) is 4.74 Å². The van der Waals surface area contributed by atoms with Gasteiger partial charge in [-0.2, -0.15) is 0 Å². The molecule has 0 fully saturated rings. The molecule has 6 heteroatoms. The number of hydrogen-bond donors (Lipinski definition) is 1. The molecule has 0 spiro atoms. The van der Waals surface area contributed by atoms with Gasteiger partial charge in [0.25, 0.3) is 0 Å². The zero-order valence-corrected chi connectivity index (χ0v) is 11.7. The number of esters is 1. The van der Waals surface area contributed by atoms with Crippen molar-refractivity contribution in [2.24, 2.45) is 0 Å². The van der Waals surface area contributed by atoms with Gasteiger partial charge in [0.15, 0.2) is 5.58 Å². The molecule has 0 aliphatic heterocycles. The molecular weight excluding hydrogens is 294 g/mol. The van der Waals surface area contributed by atoms with E-state index in [1.807, 2.05) is 0 Å². The molecule has 0 aliphatic carbocycles.